The largest absolute Gasteiger partial charge is 0.466 e. The maximum Gasteiger partial charge on any atom is 0.309 e. The number of para-hydroxylation sites is 1. The van der Waals surface area contributed by atoms with Crippen LogP contribution in [0.25, 0.3) is 0 Å². The summed E-state index contributed by atoms with van der Waals surface area (Å²) < 4.78 is 5.04. The maximum atomic E-state index is 12.7. The minimum Gasteiger partial charge on any atom is -0.466 e. The summed E-state index contributed by atoms with van der Waals surface area (Å²) in [7, 11) is 0. The Morgan fingerprint density at radius 3 is 2.34 bits per heavy atom. The lowest BCUT2D eigenvalue weighted by Crippen LogP contribution is -2.42. The first kappa shape index (κ1) is 20.6. The number of anilines is 1. The molecule has 1 fully saturated rings. The van der Waals surface area contributed by atoms with Gasteiger partial charge in [0.25, 0.3) is 5.91 Å². The second-order valence-electron chi connectivity index (χ2n) is 7.25. The molecule has 2 aromatic carbocycles. The number of amides is 2. The minimum atomic E-state index is -0.419. The highest BCUT2D eigenvalue weighted by molar-refractivity contribution is 6.05. The van der Waals surface area contributed by atoms with Crippen LogP contribution in [0.4, 0.5) is 5.69 Å². The summed E-state index contributed by atoms with van der Waals surface area (Å²) in [5, 5.41) is 5.70. The number of rotatable bonds is 7. The van der Waals surface area contributed by atoms with Crippen LogP contribution in [0.2, 0.25) is 0 Å². The maximum absolute atomic E-state index is 12.7. The quantitative estimate of drug-likeness (QED) is 0.705. The van der Waals surface area contributed by atoms with Crippen LogP contribution >= 0.6 is 0 Å². The van der Waals surface area contributed by atoms with Crippen molar-refractivity contribution in [2.24, 2.45) is 11.8 Å². The molecule has 0 aliphatic heterocycles. The van der Waals surface area contributed by atoms with Crippen LogP contribution in [-0.4, -0.2) is 24.4 Å². The van der Waals surface area contributed by atoms with Crippen molar-refractivity contribution in [1.29, 1.82) is 0 Å². The summed E-state index contributed by atoms with van der Waals surface area (Å²) in [5.41, 5.74) is 2.98. The van der Waals surface area contributed by atoms with E-state index in [4.69, 9.17) is 4.74 Å². The van der Waals surface area contributed by atoms with Crippen LogP contribution in [0, 0.1) is 18.8 Å². The fraction of sp³-hybridized carbons (Fsp3) is 0.348. The van der Waals surface area contributed by atoms with E-state index in [1.807, 2.05) is 31.2 Å². The standard InChI is InChI=1S/C23H26N2O4/c1-3-29-23(28)18-13-12-17(18)22(27)25-20-7-5-4-6-19(20)21(26)24-14-16-10-8-15(2)9-11-16/h4-11,17-18H,3,12-14H2,1-2H3,(H,24,26)(H,25,27)/t17-,18+/m0/s1. The van der Waals surface area contributed by atoms with Crippen LogP contribution in [0.1, 0.15) is 41.3 Å². The summed E-state index contributed by atoms with van der Waals surface area (Å²) in [5.74, 6) is -1.68. The van der Waals surface area contributed by atoms with Gasteiger partial charge in [0.1, 0.15) is 0 Å². The molecule has 0 saturated heterocycles. The van der Waals surface area contributed by atoms with Gasteiger partial charge >= 0.3 is 5.97 Å². The molecule has 6 nitrogen and oxygen atoms in total. The normalized spacial score (nSPS) is 17.7. The molecule has 0 aromatic heterocycles. The van der Waals surface area contributed by atoms with E-state index in [2.05, 4.69) is 10.6 Å². The molecule has 0 spiro atoms. The van der Waals surface area contributed by atoms with Gasteiger partial charge in [0.15, 0.2) is 0 Å². The monoisotopic (exact) mass is 394 g/mol. The fourth-order valence-electron chi connectivity index (χ4n) is 3.34. The van der Waals surface area contributed by atoms with Crippen molar-refractivity contribution in [2.75, 3.05) is 11.9 Å². The molecule has 3 rings (SSSR count). The molecule has 0 unspecified atom stereocenters. The number of ether oxygens (including phenoxy) is 1. The number of esters is 1. The van der Waals surface area contributed by atoms with Crippen molar-refractivity contribution >= 4 is 23.5 Å². The van der Waals surface area contributed by atoms with Gasteiger partial charge in [-0.25, -0.2) is 0 Å². The Morgan fingerprint density at radius 2 is 1.69 bits per heavy atom. The lowest BCUT2D eigenvalue weighted by Gasteiger charge is -2.33. The molecule has 1 aliphatic carbocycles. The third kappa shape index (κ3) is 5.02. The number of nitrogens with one attached hydrogen (secondary N) is 2. The zero-order chi connectivity index (χ0) is 20.8. The molecule has 0 bridgehead atoms. The van der Waals surface area contributed by atoms with E-state index in [0.29, 0.717) is 37.2 Å². The molecule has 1 saturated carbocycles. The van der Waals surface area contributed by atoms with E-state index in [1.165, 1.54) is 0 Å². The summed E-state index contributed by atoms with van der Waals surface area (Å²) in [6, 6.07) is 14.8. The molecule has 1 aliphatic rings. The smallest absolute Gasteiger partial charge is 0.309 e. The third-order valence-electron chi connectivity index (χ3n) is 5.20. The van der Waals surface area contributed by atoms with Gasteiger partial charge in [-0.15, -0.1) is 0 Å². The number of hydrogen-bond acceptors (Lipinski definition) is 4. The Balaban J connectivity index is 1.64. The second kappa shape index (κ2) is 9.37. The summed E-state index contributed by atoms with van der Waals surface area (Å²) in [4.78, 5) is 37.3. The predicted octanol–water partition coefficient (Wildman–Crippen LogP) is 3.45. The van der Waals surface area contributed by atoms with E-state index in [1.54, 1.807) is 31.2 Å². The molecule has 2 atom stereocenters. The van der Waals surface area contributed by atoms with Gasteiger partial charge in [-0.1, -0.05) is 42.0 Å². The van der Waals surface area contributed by atoms with E-state index >= 15 is 0 Å². The summed E-state index contributed by atoms with van der Waals surface area (Å²) in [6.07, 6.45) is 1.28. The average molecular weight is 394 g/mol. The first-order chi connectivity index (χ1) is 14.0. The van der Waals surface area contributed by atoms with E-state index in [-0.39, 0.29) is 17.8 Å². The molecule has 152 valence electrons. The Morgan fingerprint density at radius 1 is 1.00 bits per heavy atom. The zero-order valence-corrected chi connectivity index (χ0v) is 16.7. The number of carbonyl (C=O) groups is 3. The van der Waals surface area contributed by atoms with Gasteiger partial charge in [0.05, 0.1) is 29.7 Å². The number of benzene rings is 2. The molecule has 2 aromatic rings. The lowest BCUT2D eigenvalue weighted by molar-refractivity contribution is -0.157. The molecule has 6 heteroatoms. The van der Waals surface area contributed by atoms with Gasteiger partial charge in [0, 0.05) is 6.54 Å². The molecule has 2 N–H and O–H groups in total. The van der Waals surface area contributed by atoms with Crippen molar-refractivity contribution in [2.45, 2.75) is 33.2 Å². The average Bonchev–Trinajstić information content (AvgIpc) is 2.67. The Kier molecular flexibility index (Phi) is 6.65. The van der Waals surface area contributed by atoms with Gasteiger partial charge in [0.2, 0.25) is 5.91 Å². The van der Waals surface area contributed by atoms with Crippen molar-refractivity contribution in [1.82, 2.24) is 5.32 Å². The molecule has 0 radical (unpaired) electrons. The van der Waals surface area contributed by atoms with Crippen molar-refractivity contribution in [3.05, 3.63) is 65.2 Å². The van der Waals surface area contributed by atoms with Crippen molar-refractivity contribution in [3.63, 3.8) is 0 Å². The highest BCUT2D eigenvalue weighted by Crippen LogP contribution is 2.36. The molecular formula is C23H26N2O4. The predicted molar refractivity (Wildman–Crippen MR) is 110 cm³/mol. The third-order valence-corrected chi connectivity index (χ3v) is 5.20. The first-order valence-corrected chi connectivity index (χ1v) is 9.90. The number of carbonyl (C=O) groups excluding carboxylic acids is 3. The molecular weight excluding hydrogens is 368 g/mol. The SMILES string of the molecule is CCOC(=O)[C@@H]1CC[C@@H]1C(=O)Nc1ccccc1C(=O)NCc1ccc(C)cc1. The highest BCUT2D eigenvalue weighted by Gasteiger charge is 2.42. The Bertz CT molecular complexity index is 892. The van der Waals surface area contributed by atoms with E-state index < -0.39 is 11.8 Å². The minimum absolute atomic E-state index is 0.256. The van der Waals surface area contributed by atoms with Gasteiger partial charge in [-0.05, 0) is 44.4 Å². The lowest BCUT2D eigenvalue weighted by atomic mass is 9.73. The zero-order valence-electron chi connectivity index (χ0n) is 16.7. The van der Waals surface area contributed by atoms with Gasteiger partial charge < -0.3 is 15.4 Å². The van der Waals surface area contributed by atoms with Gasteiger partial charge in [-0.2, -0.15) is 0 Å². The van der Waals surface area contributed by atoms with E-state index in [9.17, 15) is 14.4 Å². The Labute approximate surface area is 170 Å². The number of hydrogen-bond donors (Lipinski definition) is 2. The molecule has 0 heterocycles. The highest BCUT2D eigenvalue weighted by atomic mass is 16.5. The second-order valence-corrected chi connectivity index (χ2v) is 7.25. The van der Waals surface area contributed by atoms with Crippen molar-refractivity contribution in [3.8, 4) is 0 Å². The molecule has 29 heavy (non-hydrogen) atoms. The van der Waals surface area contributed by atoms with Crippen molar-refractivity contribution < 1.29 is 19.1 Å². The first-order valence-electron chi connectivity index (χ1n) is 9.90. The van der Waals surface area contributed by atoms with Crippen LogP contribution < -0.4 is 10.6 Å². The topological polar surface area (TPSA) is 84.5 Å². The van der Waals surface area contributed by atoms with Crippen LogP contribution in [0.3, 0.4) is 0 Å². The summed E-state index contributed by atoms with van der Waals surface area (Å²) in [6.45, 7) is 4.45. The molecule has 2 amide bonds. The van der Waals surface area contributed by atoms with Crippen LogP contribution in [0.15, 0.2) is 48.5 Å². The van der Waals surface area contributed by atoms with Gasteiger partial charge in [-0.3, -0.25) is 14.4 Å². The number of aryl methyl sites for hydroxylation is 1. The fourth-order valence-corrected chi connectivity index (χ4v) is 3.34. The van der Waals surface area contributed by atoms with Crippen LogP contribution in [-0.2, 0) is 20.9 Å². The van der Waals surface area contributed by atoms with E-state index in [0.717, 1.165) is 11.1 Å². The van der Waals surface area contributed by atoms with Crippen LogP contribution in [0.5, 0.6) is 0 Å². The summed E-state index contributed by atoms with van der Waals surface area (Å²) >= 11 is 0. The Hall–Kier alpha value is -3.15.